The first kappa shape index (κ1) is 11.6. The second-order valence-corrected chi connectivity index (χ2v) is 3.79. The summed E-state index contributed by atoms with van der Waals surface area (Å²) in [6.45, 7) is 1.65. The van der Waals surface area contributed by atoms with Crippen molar-refractivity contribution in [2.24, 2.45) is 0 Å². The third kappa shape index (κ3) is 2.29. The summed E-state index contributed by atoms with van der Waals surface area (Å²) in [6, 6.07) is 11.4. The second-order valence-electron chi connectivity index (χ2n) is 3.79. The smallest absolute Gasteiger partial charge is 0.164 e. The summed E-state index contributed by atoms with van der Waals surface area (Å²) >= 11 is 0. The summed E-state index contributed by atoms with van der Waals surface area (Å²) in [5.74, 6) is 0.500. The fourth-order valence-electron chi connectivity index (χ4n) is 1.89. The van der Waals surface area contributed by atoms with Crippen LogP contribution in [-0.4, -0.2) is 24.1 Å². The van der Waals surface area contributed by atoms with Crippen molar-refractivity contribution in [1.82, 2.24) is 0 Å². The van der Waals surface area contributed by atoms with Crippen molar-refractivity contribution in [1.29, 1.82) is 0 Å². The van der Waals surface area contributed by atoms with Crippen LogP contribution in [0.3, 0.4) is 0 Å². The molecule has 3 heteroatoms. The van der Waals surface area contributed by atoms with Gasteiger partial charge in [0.2, 0.25) is 0 Å². The number of benzene rings is 2. The first-order valence-corrected chi connectivity index (χ1v) is 5.50. The van der Waals surface area contributed by atoms with Crippen molar-refractivity contribution in [3.63, 3.8) is 0 Å². The van der Waals surface area contributed by atoms with Crippen LogP contribution >= 0.6 is 0 Å². The maximum absolute atomic E-state index is 11.7. The zero-order chi connectivity index (χ0) is 12.3. The van der Waals surface area contributed by atoms with Crippen LogP contribution in [0.25, 0.3) is 10.8 Å². The van der Waals surface area contributed by atoms with Crippen LogP contribution in [-0.2, 0) is 0 Å². The fraction of sp³-hybridized carbons (Fsp3) is 0.214. The van der Waals surface area contributed by atoms with Crippen LogP contribution in [0.2, 0.25) is 0 Å². The quantitative estimate of drug-likeness (QED) is 0.820. The lowest BCUT2D eigenvalue weighted by molar-refractivity contribution is 0.101. The molecule has 0 atom stereocenters. The molecule has 17 heavy (non-hydrogen) atoms. The average Bonchev–Trinajstić information content (AvgIpc) is 2.35. The maximum Gasteiger partial charge on any atom is 0.164 e. The normalized spacial score (nSPS) is 10.5. The molecule has 0 aliphatic rings. The maximum atomic E-state index is 11.7. The van der Waals surface area contributed by atoms with Crippen molar-refractivity contribution in [3.8, 4) is 5.75 Å². The number of hydrogen-bond acceptors (Lipinski definition) is 3. The molecule has 88 valence electrons. The molecule has 0 saturated carbocycles. The Morgan fingerprint density at radius 3 is 2.71 bits per heavy atom. The number of Topliss-reactive ketones (excluding diaryl/α,β-unsaturated/α-hetero) is 1. The second kappa shape index (κ2) is 4.97. The first-order chi connectivity index (χ1) is 8.24. The molecule has 0 saturated heterocycles. The highest BCUT2D eigenvalue weighted by atomic mass is 16.5. The van der Waals surface area contributed by atoms with Crippen LogP contribution in [0.1, 0.15) is 17.3 Å². The molecule has 0 heterocycles. The van der Waals surface area contributed by atoms with Gasteiger partial charge in [0.15, 0.2) is 5.78 Å². The summed E-state index contributed by atoms with van der Waals surface area (Å²) in [6.07, 6.45) is 0. The van der Waals surface area contributed by atoms with Gasteiger partial charge in [0.25, 0.3) is 0 Å². The lowest BCUT2D eigenvalue weighted by atomic mass is 10.0. The molecule has 0 aliphatic heterocycles. The SMILES string of the molecule is CC(=O)c1c(OCCO)ccc2ccccc12. The molecule has 3 nitrogen and oxygen atoms in total. The molecular weight excluding hydrogens is 216 g/mol. The Bertz CT molecular complexity index is 546. The van der Waals surface area contributed by atoms with Gasteiger partial charge < -0.3 is 9.84 Å². The van der Waals surface area contributed by atoms with E-state index in [1.54, 1.807) is 6.07 Å². The molecule has 0 bridgehead atoms. The Morgan fingerprint density at radius 1 is 1.24 bits per heavy atom. The number of ether oxygens (including phenoxy) is 1. The molecule has 1 N–H and O–H groups in total. The predicted octanol–water partition coefficient (Wildman–Crippen LogP) is 2.41. The van der Waals surface area contributed by atoms with Gasteiger partial charge in [0.05, 0.1) is 12.2 Å². The Morgan fingerprint density at radius 2 is 2.00 bits per heavy atom. The molecule has 0 aliphatic carbocycles. The van der Waals surface area contributed by atoms with Crippen LogP contribution < -0.4 is 4.74 Å². The van der Waals surface area contributed by atoms with Crippen LogP contribution in [0.15, 0.2) is 36.4 Å². The lowest BCUT2D eigenvalue weighted by Gasteiger charge is -2.11. The third-order valence-electron chi connectivity index (χ3n) is 2.59. The minimum Gasteiger partial charge on any atom is -0.490 e. The molecule has 0 amide bonds. The Labute approximate surface area is 99.6 Å². The van der Waals surface area contributed by atoms with Crippen molar-refractivity contribution in [3.05, 3.63) is 42.0 Å². The first-order valence-electron chi connectivity index (χ1n) is 5.50. The van der Waals surface area contributed by atoms with Crippen molar-refractivity contribution in [2.75, 3.05) is 13.2 Å². The molecule has 0 unspecified atom stereocenters. The van der Waals surface area contributed by atoms with Gasteiger partial charge >= 0.3 is 0 Å². The zero-order valence-corrected chi connectivity index (χ0v) is 9.64. The van der Waals surface area contributed by atoms with Gasteiger partial charge in [-0.25, -0.2) is 0 Å². The standard InChI is InChI=1S/C14H14O3/c1-10(16)14-12-5-3-2-4-11(12)6-7-13(14)17-9-8-15/h2-7,15H,8-9H2,1H3. The van der Waals surface area contributed by atoms with Crippen molar-refractivity contribution in [2.45, 2.75) is 6.92 Å². The number of fused-ring (bicyclic) bond motifs is 1. The number of hydrogen-bond donors (Lipinski definition) is 1. The van der Waals surface area contributed by atoms with E-state index < -0.39 is 0 Å². The van der Waals surface area contributed by atoms with E-state index in [0.29, 0.717) is 11.3 Å². The molecule has 2 aromatic carbocycles. The summed E-state index contributed by atoms with van der Waals surface area (Å²) < 4.78 is 5.38. The van der Waals surface area contributed by atoms with Crippen LogP contribution in [0, 0.1) is 0 Å². The summed E-state index contributed by atoms with van der Waals surface area (Å²) in [5, 5.41) is 10.7. The molecule has 0 spiro atoms. The molecule has 2 aromatic rings. The minimum atomic E-state index is -0.0653. The lowest BCUT2D eigenvalue weighted by Crippen LogP contribution is -2.06. The van der Waals surface area contributed by atoms with E-state index in [-0.39, 0.29) is 19.0 Å². The van der Waals surface area contributed by atoms with Crippen LogP contribution in [0.4, 0.5) is 0 Å². The number of aliphatic hydroxyl groups is 1. The minimum absolute atomic E-state index is 0.0326. The summed E-state index contributed by atoms with van der Waals surface area (Å²) in [7, 11) is 0. The van der Waals surface area contributed by atoms with Gasteiger partial charge in [-0.2, -0.15) is 0 Å². The fourth-order valence-corrected chi connectivity index (χ4v) is 1.89. The molecular formula is C14H14O3. The highest BCUT2D eigenvalue weighted by Gasteiger charge is 2.12. The summed E-state index contributed by atoms with van der Waals surface area (Å²) in [4.78, 5) is 11.7. The zero-order valence-electron chi connectivity index (χ0n) is 9.64. The Kier molecular flexibility index (Phi) is 3.40. The highest BCUT2D eigenvalue weighted by Crippen LogP contribution is 2.28. The van der Waals surface area contributed by atoms with E-state index in [1.807, 2.05) is 30.3 Å². The molecule has 2 rings (SSSR count). The van der Waals surface area contributed by atoms with E-state index in [9.17, 15) is 4.79 Å². The van der Waals surface area contributed by atoms with Gasteiger partial charge in [-0.15, -0.1) is 0 Å². The molecule has 0 fully saturated rings. The monoisotopic (exact) mass is 230 g/mol. The van der Waals surface area contributed by atoms with Crippen LogP contribution in [0.5, 0.6) is 5.75 Å². The van der Waals surface area contributed by atoms with Gasteiger partial charge in [0, 0.05) is 0 Å². The van der Waals surface area contributed by atoms with Gasteiger partial charge in [-0.1, -0.05) is 30.3 Å². The molecule has 0 radical (unpaired) electrons. The van der Waals surface area contributed by atoms with E-state index in [1.165, 1.54) is 6.92 Å². The number of rotatable bonds is 4. The van der Waals surface area contributed by atoms with Crippen molar-refractivity contribution < 1.29 is 14.6 Å². The van der Waals surface area contributed by atoms with Gasteiger partial charge in [-0.05, 0) is 23.8 Å². The summed E-state index contributed by atoms with van der Waals surface area (Å²) in [5.41, 5.74) is 0.580. The predicted molar refractivity (Wildman–Crippen MR) is 66.5 cm³/mol. The Hall–Kier alpha value is -1.87. The van der Waals surface area contributed by atoms with Crippen molar-refractivity contribution >= 4 is 16.6 Å². The average molecular weight is 230 g/mol. The van der Waals surface area contributed by atoms with E-state index in [4.69, 9.17) is 9.84 Å². The van der Waals surface area contributed by atoms with E-state index in [2.05, 4.69) is 0 Å². The van der Waals surface area contributed by atoms with Gasteiger partial charge in [0.1, 0.15) is 12.4 Å². The Balaban J connectivity index is 2.60. The van der Waals surface area contributed by atoms with E-state index >= 15 is 0 Å². The number of aliphatic hydroxyl groups excluding tert-OH is 1. The highest BCUT2D eigenvalue weighted by molar-refractivity contribution is 6.09. The van der Waals surface area contributed by atoms with E-state index in [0.717, 1.165) is 10.8 Å². The number of carbonyl (C=O) groups is 1. The molecule has 0 aromatic heterocycles. The number of ketones is 1. The largest absolute Gasteiger partial charge is 0.490 e. The third-order valence-corrected chi connectivity index (χ3v) is 2.59. The number of carbonyl (C=O) groups excluding carboxylic acids is 1. The van der Waals surface area contributed by atoms with Gasteiger partial charge in [-0.3, -0.25) is 4.79 Å². The topological polar surface area (TPSA) is 46.5 Å².